The van der Waals surface area contributed by atoms with Crippen LogP contribution in [0.1, 0.15) is 39.9 Å². The number of rotatable bonds is 5. The summed E-state index contributed by atoms with van der Waals surface area (Å²) in [6.45, 7) is 1.17. The number of hydrogen-bond donors (Lipinski definition) is 2. The summed E-state index contributed by atoms with van der Waals surface area (Å²) in [5.41, 5.74) is -3.54. The first-order valence-corrected chi connectivity index (χ1v) is 9.90. The van der Waals surface area contributed by atoms with Crippen LogP contribution in [0.5, 0.6) is 0 Å². The van der Waals surface area contributed by atoms with Crippen molar-refractivity contribution in [2.45, 2.75) is 24.6 Å². The van der Waals surface area contributed by atoms with E-state index in [2.05, 4.69) is 0 Å². The summed E-state index contributed by atoms with van der Waals surface area (Å²) < 4.78 is 56.0. The van der Waals surface area contributed by atoms with Gasteiger partial charge in [0.2, 0.25) is 0 Å². The lowest BCUT2D eigenvalue weighted by Gasteiger charge is -2.37. The van der Waals surface area contributed by atoms with E-state index in [9.17, 15) is 27.5 Å². The highest BCUT2D eigenvalue weighted by atomic mass is 35.5. The number of benzene rings is 3. The van der Waals surface area contributed by atoms with Crippen molar-refractivity contribution in [2.24, 2.45) is 0 Å². The largest absolute Gasteiger partial charge is 0.478 e. The lowest BCUT2D eigenvalue weighted by atomic mass is 9.77. The van der Waals surface area contributed by atoms with Gasteiger partial charge in [-0.1, -0.05) is 48.9 Å². The molecule has 0 unspecified atom stereocenters. The number of nitriles is 1. The van der Waals surface area contributed by atoms with Crippen LogP contribution >= 0.6 is 11.6 Å². The summed E-state index contributed by atoms with van der Waals surface area (Å²) in [6.07, 6.45) is -5.07. The standard InChI is InChI=1S/C24H16ClF4NO3/c1-13(23(33,24(27,28)29)17-6-2-14(12-30)3-7-17)18-8-4-16(11-20(18)25)15-5-9-21(26)19(10-15)22(31)32/h2-11,13,33H,1H3,(H,31,32)/t13-,23-/m1/s1. The Bertz CT molecular complexity index is 1250. The van der Waals surface area contributed by atoms with E-state index >= 15 is 0 Å². The van der Waals surface area contributed by atoms with Gasteiger partial charge in [0.25, 0.3) is 0 Å². The number of hydrogen-bond acceptors (Lipinski definition) is 3. The quantitative estimate of drug-likeness (QED) is 0.424. The molecular formula is C24H16ClF4NO3. The zero-order valence-corrected chi connectivity index (χ0v) is 17.7. The van der Waals surface area contributed by atoms with E-state index < -0.39 is 40.6 Å². The summed E-state index contributed by atoms with van der Waals surface area (Å²) in [7, 11) is 0. The van der Waals surface area contributed by atoms with Gasteiger partial charge < -0.3 is 10.2 Å². The van der Waals surface area contributed by atoms with Gasteiger partial charge in [-0.3, -0.25) is 0 Å². The molecule has 4 nitrogen and oxygen atoms in total. The van der Waals surface area contributed by atoms with Crippen LogP contribution in [0.2, 0.25) is 5.02 Å². The average Bonchev–Trinajstić information content (AvgIpc) is 2.77. The first kappa shape index (κ1) is 24.2. The Hall–Kier alpha value is -3.41. The minimum absolute atomic E-state index is 0.00910. The second-order valence-electron chi connectivity index (χ2n) is 7.41. The summed E-state index contributed by atoms with van der Waals surface area (Å²) in [5, 5.41) is 28.8. The van der Waals surface area contributed by atoms with Crippen LogP contribution in [0.4, 0.5) is 17.6 Å². The van der Waals surface area contributed by atoms with E-state index in [1.807, 2.05) is 0 Å². The van der Waals surface area contributed by atoms with Crippen LogP contribution < -0.4 is 0 Å². The maximum absolute atomic E-state index is 14.1. The number of alkyl halides is 3. The number of nitrogens with zero attached hydrogens (tertiary/aromatic N) is 1. The topological polar surface area (TPSA) is 81.3 Å². The molecule has 0 saturated heterocycles. The molecule has 0 aliphatic carbocycles. The van der Waals surface area contributed by atoms with E-state index in [4.69, 9.17) is 22.0 Å². The van der Waals surface area contributed by atoms with Gasteiger partial charge in [-0.05, 0) is 52.6 Å². The van der Waals surface area contributed by atoms with Gasteiger partial charge in [-0.25, -0.2) is 9.18 Å². The fourth-order valence-corrected chi connectivity index (χ4v) is 3.95. The summed E-state index contributed by atoms with van der Waals surface area (Å²) >= 11 is 6.29. The smallest absolute Gasteiger partial charge is 0.422 e. The van der Waals surface area contributed by atoms with Crippen molar-refractivity contribution in [3.63, 3.8) is 0 Å². The molecule has 0 amide bonds. The van der Waals surface area contributed by atoms with Gasteiger partial charge in [0.1, 0.15) is 5.82 Å². The minimum atomic E-state index is -5.07. The average molecular weight is 478 g/mol. The van der Waals surface area contributed by atoms with Crippen molar-refractivity contribution in [3.8, 4) is 17.2 Å². The number of carbonyl (C=O) groups is 1. The molecule has 3 aromatic rings. The monoisotopic (exact) mass is 477 g/mol. The Kier molecular flexibility index (Phi) is 6.50. The summed E-state index contributed by atoms with van der Waals surface area (Å²) in [5.74, 6) is -3.95. The van der Waals surface area contributed by atoms with Gasteiger partial charge in [-0.15, -0.1) is 0 Å². The zero-order chi connectivity index (χ0) is 24.6. The van der Waals surface area contributed by atoms with Crippen LogP contribution in [0.25, 0.3) is 11.1 Å². The third-order valence-electron chi connectivity index (χ3n) is 5.51. The SMILES string of the molecule is C[C@H](c1ccc(-c2ccc(F)c(C(=O)O)c2)cc1Cl)[C@@](O)(c1ccc(C#N)cc1)C(F)(F)F. The number of carboxylic acid groups (broad SMARTS) is 1. The highest BCUT2D eigenvalue weighted by Gasteiger charge is 2.58. The van der Waals surface area contributed by atoms with Crippen LogP contribution in [-0.2, 0) is 5.60 Å². The number of aliphatic hydroxyl groups is 1. The maximum atomic E-state index is 14.1. The van der Waals surface area contributed by atoms with Crippen molar-refractivity contribution >= 4 is 17.6 Å². The van der Waals surface area contributed by atoms with E-state index in [1.54, 1.807) is 6.07 Å². The van der Waals surface area contributed by atoms with E-state index in [0.717, 1.165) is 24.3 Å². The lowest BCUT2D eigenvalue weighted by Crippen LogP contribution is -2.46. The van der Waals surface area contributed by atoms with E-state index in [0.29, 0.717) is 11.1 Å². The fraction of sp³-hybridized carbons (Fsp3) is 0.167. The molecule has 3 aromatic carbocycles. The molecule has 0 spiro atoms. The number of carboxylic acids is 1. The molecule has 33 heavy (non-hydrogen) atoms. The molecule has 9 heteroatoms. The van der Waals surface area contributed by atoms with Crippen molar-refractivity contribution in [3.05, 3.63) is 93.8 Å². The van der Waals surface area contributed by atoms with Crippen molar-refractivity contribution < 1.29 is 32.6 Å². The second-order valence-corrected chi connectivity index (χ2v) is 7.82. The molecule has 2 atom stereocenters. The van der Waals surface area contributed by atoms with Crippen molar-refractivity contribution in [1.29, 1.82) is 5.26 Å². The Morgan fingerprint density at radius 1 is 1.03 bits per heavy atom. The second kappa shape index (κ2) is 8.85. The first-order valence-electron chi connectivity index (χ1n) is 9.52. The van der Waals surface area contributed by atoms with Gasteiger partial charge in [0.05, 0.1) is 17.2 Å². The third kappa shape index (κ3) is 4.42. The molecule has 0 heterocycles. The zero-order valence-electron chi connectivity index (χ0n) is 17.0. The fourth-order valence-electron chi connectivity index (χ4n) is 3.61. The molecule has 0 fully saturated rings. The molecule has 0 bridgehead atoms. The number of halogens is 5. The molecule has 0 radical (unpaired) electrons. The molecule has 0 saturated carbocycles. The Balaban J connectivity index is 2.07. The molecule has 0 aromatic heterocycles. The van der Waals surface area contributed by atoms with Crippen molar-refractivity contribution in [2.75, 3.05) is 0 Å². The first-order chi connectivity index (χ1) is 15.4. The highest BCUT2D eigenvalue weighted by Crippen LogP contribution is 2.50. The van der Waals surface area contributed by atoms with E-state index in [1.165, 1.54) is 43.3 Å². The van der Waals surface area contributed by atoms with Crippen LogP contribution in [-0.4, -0.2) is 22.4 Å². The van der Waals surface area contributed by atoms with Gasteiger partial charge in [0.15, 0.2) is 5.60 Å². The Morgan fingerprint density at radius 2 is 1.61 bits per heavy atom. The predicted molar refractivity (Wildman–Crippen MR) is 113 cm³/mol. The minimum Gasteiger partial charge on any atom is -0.478 e. The third-order valence-corrected chi connectivity index (χ3v) is 5.84. The lowest BCUT2D eigenvalue weighted by molar-refractivity contribution is -0.274. The molecule has 0 aliphatic heterocycles. The van der Waals surface area contributed by atoms with Crippen LogP contribution in [0, 0.1) is 17.1 Å². The summed E-state index contributed by atoms with van der Waals surface area (Å²) in [6, 6.07) is 13.6. The van der Waals surface area contributed by atoms with Crippen LogP contribution in [0.3, 0.4) is 0 Å². The van der Waals surface area contributed by atoms with Gasteiger partial charge in [-0.2, -0.15) is 18.4 Å². The Labute approximate surface area is 191 Å². The van der Waals surface area contributed by atoms with Crippen LogP contribution in [0.15, 0.2) is 60.7 Å². The normalized spacial score (nSPS) is 14.2. The molecule has 170 valence electrons. The molecule has 2 N–H and O–H groups in total. The predicted octanol–water partition coefficient (Wildman–Crippen LogP) is 6.27. The highest BCUT2D eigenvalue weighted by molar-refractivity contribution is 6.31. The molecule has 0 aliphatic rings. The van der Waals surface area contributed by atoms with Gasteiger partial charge in [0, 0.05) is 10.9 Å². The maximum Gasteiger partial charge on any atom is 0.422 e. The summed E-state index contributed by atoms with van der Waals surface area (Å²) in [4.78, 5) is 11.2. The van der Waals surface area contributed by atoms with E-state index in [-0.39, 0.29) is 16.1 Å². The Morgan fingerprint density at radius 3 is 2.12 bits per heavy atom. The number of aromatic carboxylic acids is 1. The molecular weight excluding hydrogens is 462 g/mol. The van der Waals surface area contributed by atoms with Crippen molar-refractivity contribution in [1.82, 2.24) is 0 Å². The van der Waals surface area contributed by atoms with Gasteiger partial charge >= 0.3 is 12.1 Å². The molecule has 3 rings (SSSR count).